The van der Waals surface area contributed by atoms with Gasteiger partial charge in [-0.3, -0.25) is 4.90 Å². The predicted octanol–water partition coefficient (Wildman–Crippen LogP) is 3.61. The molecule has 1 aromatic carbocycles. The van der Waals surface area contributed by atoms with Crippen molar-refractivity contribution < 1.29 is 13.2 Å². The van der Waals surface area contributed by atoms with Crippen LogP contribution >= 0.6 is 35.0 Å². The van der Waals surface area contributed by atoms with Gasteiger partial charge < -0.3 is 5.32 Å². The molecule has 1 aromatic rings. The van der Waals surface area contributed by atoms with Crippen LogP contribution in [0.2, 0.25) is 0 Å². The van der Waals surface area contributed by atoms with Gasteiger partial charge in [0.15, 0.2) is 0 Å². The Morgan fingerprint density at radius 1 is 1.20 bits per heavy atom. The lowest BCUT2D eigenvalue weighted by Gasteiger charge is -2.36. The average molecular weight is 421 g/mol. The molecule has 0 amide bonds. The van der Waals surface area contributed by atoms with Crippen LogP contribution in [0.4, 0.5) is 13.2 Å². The van der Waals surface area contributed by atoms with Crippen molar-refractivity contribution in [2.45, 2.75) is 18.6 Å². The van der Waals surface area contributed by atoms with Gasteiger partial charge in [-0.25, -0.2) is 0 Å². The van der Waals surface area contributed by atoms with E-state index >= 15 is 0 Å². The summed E-state index contributed by atoms with van der Waals surface area (Å²) < 4.78 is 39.4. The second-order valence-corrected chi connectivity index (χ2v) is 5.80. The highest BCUT2D eigenvalue weighted by Gasteiger charge is 2.36. The van der Waals surface area contributed by atoms with Crippen molar-refractivity contribution in [3.8, 4) is 0 Å². The Hall–Kier alpha value is -0.0500. The van der Waals surface area contributed by atoms with Gasteiger partial charge in [0.2, 0.25) is 0 Å². The lowest BCUT2D eigenvalue weighted by Crippen LogP contribution is -2.46. The first-order valence-corrected chi connectivity index (χ1v) is 7.31. The van der Waals surface area contributed by atoms with Crippen molar-refractivity contribution in [2.75, 3.05) is 26.2 Å². The molecule has 0 aliphatic carbocycles. The summed E-state index contributed by atoms with van der Waals surface area (Å²) in [5, 5.41) is 3.17. The van der Waals surface area contributed by atoms with Gasteiger partial charge in [0.1, 0.15) is 0 Å². The molecule has 0 bridgehead atoms. The summed E-state index contributed by atoms with van der Waals surface area (Å²) >= 11 is 2.11. The monoisotopic (exact) mass is 420 g/mol. The molecule has 1 aliphatic heterocycles. The van der Waals surface area contributed by atoms with Crippen LogP contribution in [0, 0.1) is 3.57 Å². The number of piperazine rings is 1. The maximum Gasteiger partial charge on any atom is 0.390 e. The van der Waals surface area contributed by atoms with Gasteiger partial charge in [-0.1, -0.05) is 18.2 Å². The van der Waals surface area contributed by atoms with Crippen LogP contribution in [0.3, 0.4) is 0 Å². The standard InChI is InChI=1S/C13H16F3IN2.ClH/c14-13(15,16)9-12(19-7-5-18-6-8-19)10-3-1-2-4-11(10)17;/h1-4,12,18H,5-9H2;1H/t12-;/m1./s1. The highest BCUT2D eigenvalue weighted by molar-refractivity contribution is 14.1. The fourth-order valence-electron chi connectivity index (χ4n) is 2.39. The first kappa shape index (κ1) is 18.0. The molecule has 0 aromatic heterocycles. The van der Waals surface area contributed by atoms with E-state index in [1.165, 1.54) is 0 Å². The summed E-state index contributed by atoms with van der Waals surface area (Å²) in [6, 6.07) is 6.76. The summed E-state index contributed by atoms with van der Waals surface area (Å²) in [5.74, 6) is 0. The lowest BCUT2D eigenvalue weighted by molar-refractivity contribution is -0.148. The molecule has 2 nitrogen and oxygen atoms in total. The Morgan fingerprint density at radius 3 is 2.35 bits per heavy atom. The Labute approximate surface area is 136 Å². The Balaban J connectivity index is 0.00000200. The van der Waals surface area contributed by atoms with Crippen LogP contribution in [0.1, 0.15) is 18.0 Å². The quantitative estimate of drug-likeness (QED) is 0.752. The smallest absolute Gasteiger partial charge is 0.314 e. The summed E-state index contributed by atoms with van der Waals surface area (Å²) in [6.07, 6.45) is -4.93. The second kappa shape index (κ2) is 7.82. The van der Waals surface area contributed by atoms with E-state index in [0.29, 0.717) is 13.1 Å². The largest absolute Gasteiger partial charge is 0.390 e. The van der Waals surface area contributed by atoms with Gasteiger partial charge >= 0.3 is 6.18 Å². The highest BCUT2D eigenvalue weighted by Crippen LogP contribution is 2.35. The SMILES string of the molecule is Cl.FC(F)(F)C[C@H](c1ccccc1I)N1CCNCC1. The first-order valence-electron chi connectivity index (χ1n) is 6.23. The molecule has 1 N–H and O–H groups in total. The van der Waals surface area contributed by atoms with Crippen molar-refractivity contribution in [1.82, 2.24) is 10.2 Å². The average Bonchev–Trinajstić information content (AvgIpc) is 2.37. The molecule has 1 fully saturated rings. The molecular weight excluding hydrogens is 404 g/mol. The van der Waals surface area contributed by atoms with Crippen molar-refractivity contribution >= 4 is 35.0 Å². The minimum atomic E-state index is -4.14. The van der Waals surface area contributed by atoms with Crippen LogP contribution in [-0.2, 0) is 0 Å². The second-order valence-electron chi connectivity index (χ2n) is 4.64. The molecule has 1 heterocycles. The fourth-order valence-corrected chi connectivity index (χ4v) is 3.14. The van der Waals surface area contributed by atoms with E-state index in [0.717, 1.165) is 22.2 Å². The molecule has 114 valence electrons. The van der Waals surface area contributed by atoms with Gasteiger partial charge in [-0.2, -0.15) is 13.2 Å². The van der Waals surface area contributed by atoms with Crippen molar-refractivity contribution in [2.24, 2.45) is 0 Å². The van der Waals surface area contributed by atoms with Gasteiger partial charge in [-0.05, 0) is 34.2 Å². The molecule has 2 rings (SSSR count). The van der Waals surface area contributed by atoms with E-state index in [-0.39, 0.29) is 12.4 Å². The van der Waals surface area contributed by atoms with Crippen LogP contribution in [-0.4, -0.2) is 37.3 Å². The number of halogens is 5. The lowest BCUT2D eigenvalue weighted by atomic mass is 10.0. The fraction of sp³-hybridized carbons (Fsp3) is 0.538. The zero-order chi connectivity index (χ0) is 13.9. The van der Waals surface area contributed by atoms with E-state index in [4.69, 9.17) is 0 Å². The molecule has 1 aliphatic rings. The molecule has 0 saturated carbocycles. The van der Waals surface area contributed by atoms with Crippen molar-refractivity contribution in [3.05, 3.63) is 33.4 Å². The third kappa shape index (κ3) is 5.05. The van der Waals surface area contributed by atoms with Crippen molar-refractivity contribution in [3.63, 3.8) is 0 Å². The molecule has 1 saturated heterocycles. The molecule has 0 spiro atoms. The molecular formula is C13H17ClF3IN2. The number of alkyl halides is 3. The van der Waals surface area contributed by atoms with Crippen LogP contribution < -0.4 is 5.32 Å². The van der Waals surface area contributed by atoms with Crippen molar-refractivity contribution in [1.29, 1.82) is 0 Å². The maximum absolute atomic E-state index is 12.8. The zero-order valence-corrected chi connectivity index (χ0v) is 13.8. The van der Waals surface area contributed by atoms with Gasteiger partial charge in [0.25, 0.3) is 0 Å². The summed E-state index contributed by atoms with van der Waals surface area (Å²) in [5.41, 5.74) is 0.780. The minimum absolute atomic E-state index is 0. The summed E-state index contributed by atoms with van der Waals surface area (Å²) in [7, 11) is 0. The third-order valence-electron chi connectivity index (χ3n) is 3.28. The molecule has 1 atom stereocenters. The van der Waals surface area contributed by atoms with Crippen LogP contribution in [0.25, 0.3) is 0 Å². The molecule has 0 unspecified atom stereocenters. The number of nitrogens with zero attached hydrogens (tertiary/aromatic N) is 1. The maximum atomic E-state index is 12.8. The van der Waals surface area contributed by atoms with Gasteiger partial charge in [0, 0.05) is 35.8 Å². The van der Waals surface area contributed by atoms with Crippen LogP contribution in [0.5, 0.6) is 0 Å². The topological polar surface area (TPSA) is 15.3 Å². The number of benzene rings is 1. The number of hydrogen-bond acceptors (Lipinski definition) is 2. The van der Waals surface area contributed by atoms with E-state index in [1.807, 2.05) is 23.1 Å². The van der Waals surface area contributed by atoms with E-state index in [9.17, 15) is 13.2 Å². The van der Waals surface area contributed by atoms with E-state index in [1.54, 1.807) is 6.07 Å². The minimum Gasteiger partial charge on any atom is -0.314 e. The first-order chi connectivity index (χ1) is 8.97. The van der Waals surface area contributed by atoms with Gasteiger partial charge in [0.05, 0.1) is 6.42 Å². The van der Waals surface area contributed by atoms with Crippen LogP contribution in [0.15, 0.2) is 24.3 Å². The Bertz CT molecular complexity index is 422. The Kier molecular flexibility index (Phi) is 7.03. The summed E-state index contributed by atoms with van der Waals surface area (Å²) in [6.45, 7) is 2.81. The highest BCUT2D eigenvalue weighted by atomic mass is 127. The van der Waals surface area contributed by atoms with E-state index in [2.05, 4.69) is 27.9 Å². The Morgan fingerprint density at radius 2 is 1.80 bits per heavy atom. The number of hydrogen-bond donors (Lipinski definition) is 1. The third-order valence-corrected chi connectivity index (χ3v) is 4.26. The van der Waals surface area contributed by atoms with E-state index < -0.39 is 18.6 Å². The normalized spacial score (nSPS) is 18.4. The molecule has 7 heteroatoms. The predicted molar refractivity (Wildman–Crippen MR) is 84.3 cm³/mol. The zero-order valence-electron chi connectivity index (χ0n) is 10.8. The number of nitrogens with one attached hydrogen (secondary N) is 1. The molecule has 20 heavy (non-hydrogen) atoms. The molecule has 0 radical (unpaired) electrons. The van der Waals surface area contributed by atoms with Gasteiger partial charge in [-0.15, -0.1) is 12.4 Å². The number of rotatable bonds is 3. The summed E-state index contributed by atoms with van der Waals surface area (Å²) in [4.78, 5) is 1.93.